The molecule has 9 heteroatoms. The first kappa shape index (κ1) is 15.7. The van der Waals surface area contributed by atoms with Gasteiger partial charge in [0.1, 0.15) is 17.9 Å². The predicted octanol–water partition coefficient (Wildman–Crippen LogP) is 3.51. The Balaban J connectivity index is 1.95. The van der Waals surface area contributed by atoms with Crippen LogP contribution < -0.4 is 14.8 Å². The summed E-state index contributed by atoms with van der Waals surface area (Å²) in [6.07, 6.45) is 1.51. The molecule has 0 aliphatic carbocycles. The van der Waals surface area contributed by atoms with E-state index in [1.807, 2.05) is 0 Å². The van der Waals surface area contributed by atoms with Gasteiger partial charge in [0.2, 0.25) is 5.28 Å². The minimum Gasteiger partial charge on any atom is -0.494 e. The van der Waals surface area contributed by atoms with Gasteiger partial charge in [0, 0.05) is 19.3 Å². The fraction of sp³-hybridized carbons (Fsp3) is 0.214. The normalized spacial score (nSPS) is 10.8. The Bertz CT molecular complexity index is 858. The first-order valence-corrected chi connectivity index (χ1v) is 7.76. The van der Waals surface area contributed by atoms with Crippen LogP contribution in [0.2, 0.25) is 5.28 Å². The molecule has 0 aliphatic heterocycles. The Morgan fingerprint density at radius 3 is 2.87 bits per heavy atom. The number of methoxy groups -OCH3 is 1. The minimum absolute atomic E-state index is 0.0610. The van der Waals surface area contributed by atoms with Gasteiger partial charge in [-0.15, -0.1) is 0 Å². The Morgan fingerprint density at radius 1 is 1.35 bits per heavy atom. The zero-order valence-corrected chi connectivity index (χ0v) is 13.8. The van der Waals surface area contributed by atoms with Crippen molar-refractivity contribution in [1.29, 1.82) is 0 Å². The molecule has 0 unspecified atom stereocenters. The van der Waals surface area contributed by atoms with Crippen molar-refractivity contribution in [2.24, 2.45) is 0 Å². The summed E-state index contributed by atoms with van der Waals surface area (Å²) in [5.41, 5.74) is 1.00. The fourth-order valence-corrected chi connectivity index (χ4v) is 3.00. The van der Waals surface area contributed by atoms with Gasteiger partial charge in [-0.2, -0.15) is 0 Å². The largest absolute Gasteiger partial charge is 0.494 e. The van der Waals surface area contributed by atoms with Crippen molar-refractivity contribution in [3.63, 3.8) is 0 Å². The summed E-state index contributed by atoms with van der Waals surface area (Å²) in [5, 5.41) is 3.60. The number of hydrogen-bond acceptors (Lipinski definition) is 7. The monoisotopic (exact) mass is 354 g/mol. The van der Waals surface area contributed by atoms with Gasteiger partial charge in [-0.3, -0.25) is 0 Å². The van der Waals surface area contributed by atoms with Crippen molar-refractivity contribution in [1.82, 2.24) is 15.0 Å². The van der Waals surface area contributed by atoms with Gasteiger partial charge < -0.3 is 14.8 Å². The molecule has 1 aromatic carbocycles. The molecule has 0 amide bonds. The SMILES string of the molecule is CNc1nc2c(OC)cc(OCc3ccnc(Cl)n3)c(F)c2s1. The van der Waals surface area contributed by atoms with E-state index < -0.39 is 5.82 Å². The quantitative estimate of drug-likeness (QED) is 0.707. The summed E-state index contributed by atoms with van der Waals surface area (Å²) in [6.45, 7) is 0.0610. The van der Waals surface area contributed by atoms with Crippen molar-refractivity contribution >= 4 is 38.3 Å². The summed E-state index contributed by atoms with van der Waals surface area (Å²) in [6, 6.07) is 3.12. The van der Waals surface area contributed by atoms with E-state index >= 15 is 0 Å². The van der Waals surface area contributed by atoms with Crippen LogP contribution in [-0.4, -0.2) is 29.1 Å². The van der Waals surface area contributed by atoms with Crippen molar-refractivity contribution < 1.29 is 13.9 Å². The lowest BCUT2D eigenvalue weighted by molar-refractivity contribution is 0.285. The third-order valence-corrected chi connectivity index (χ3v) is 4.28. The van der Waals surface area contributed by atoms with Gasteiger partial charge in [0.25, 0.3) is 0 Å². The predicted molar refractivity (Wildman–Crippen MR) is 87.1 cm³/mol. The van der Waals surface area contributed by atoms with E-state index in [0.29, 0.717) is 26.8 Å². The van der Waals surface area contributed by atoms with Crippen LogP contribution in [-0.2, 0) is 6.61 Å². The van der Waals surface area contributed by atoms with Crippen LogP contribution in [0.3, 0.4) is 0 Å². The Labute approximate surface area is 140 Å². The second-order valence-corrected chi connectivity index (χ2v) is 5.78. The summed E-state index contributed by atoms with van der Waals surface area (Å²) < 4.78 is 25.8. The van der Waals surface area contributed by atoms with E-state index in [-0.39, 0.29) is 17.6 Å². The van der Waals surface area contributed by atoms with Gasteiger partial charge in [-0.1, -0.05) is 11.3 Å². The van der Waals surface area contributed by atoms with Gasteiger partial charge in [-0.05, 0) is 17.7 Å². The number of hydrogen-bond donors (Lipinski definition) is 1. The number of ether oxygens (including phenoxy) is 2. The maximum Gasteiger partial charge on any atom is 0.222 e. The van der Waals surface area contributed by atoms with Gasteiger partial charge in [0.15, 0.2) is 16.7 Å². The highest BCUT2D eigenvalue weighted by Crippen LogP contribution is 2.39. The van der Waals surface area contributed by atoms with E-state index in [9.17, 15) is 4.39 Å². The molecular formula is C14H12ClFN4O2S. The maximum absolute atomic E-state index is 14.6. The second kappa shape index (κ2) is 6.51. The third kappa shape index (κ3) is 3.13. The molecule has 23 heavy (non-hydrogen) atoms. The molecular weight excluding hydrogens is 343 g/mol. The van der Waals surface area contributed by atoms with Crippen molar-refractivity contribution in [2.75, 3.05) is 19.5 Å². The summed E-state index contributed by atoms with van der Waals surface area (Å²) in [4.78, 5) is 12.1. The molecule has 2 heterocycles. The number of benzene rings is 1. The summed E-state index contributed by atoms with van der Waals surface area (Å²) in [7, 11) is 3.22. The second-order valence-electron chi connectivity index (χ2n) is 4.44. The molecule has 120 valence electrons. The zero-order valence-electron chi connectivity index (χ0n) is 12.3. The topological polar surface area (TPSA) is 69.2 Å². The highest BCUT2D eigenvalue weighted by Gasteiger charge is 2.18. The lowest BCUT2D eigenvalue weighted by Gasteiger charge is -2.09. The highest BCUT2D eigenvalue weighted by atomic mass is 35.5. The van der Waals surface area contributed by atoms with Crippen molar-refractivity contribution in [3.05, 3.63) is 35.1 Å². The number of fused-ring (bicyclic) bond motifs is 1. The fourth-order valence-electron chi connectivity index (χ4n) is 1.97. The molecule has 0 saturated heterocycles. The van der Waals surface area contributed by atoms with Crippen LogP contribution in [0, 0.1) is 5.82 Å². The zero-order chi connectivity index (χ0) is 16.4. The molecule has 2 aromatic heterocycles. The molecule has 0 aliphatic rings. The van der Waals surface area contributed by atoms with Crippen LogP contribution >= 0.6 is 22.9 Å². The average Bonchev–Trinajstić information content (AvgIpc) is 2.99. The number of nitrogens with one attached hydrogen (secondary N) is 1. The third-order valence-electron chi connectivity index (χ3n) is 3.03. The van der Waals surface area contributed by atoms with Gasteiger partial charge in [-0.25, -0.2) is 19.3 Å². The number of thiazole rings is 1. The van der Waals surface area contributed by atoms with E-state index in [0.717, 1.165) is 0 Å². The molecule has 0 atom stereocenters. The lowest BCUT2D eigenvalue weighted by Crippen LogP contribution is -2.01. The summed E-state index contributed by atoms with van der Waals surface area (Å²) >= 11 is 6.90. The van der Waals surface area contributed by atoms with E-state index in [1.54, 1.807) is 13.1 Å². The Kier molecular flexibility index (Phi) is 4.44. The number of anilines is 1. The molecule has 3 rings (SSSR count). The highest BCUT2D eigenvalue weighted by molar-refractivity contribution is 7.22. The van der Waals surface area contributed by atoms with Crippen LogP contribution in [0.1, 0.15) is 5.69 Å². The first-order valence-electron chi connectivity index (χ1n) is 6.57. The molecule has 0 fully saturated rings. The summed E-state index contributed by atoms with van der Waals surface area (Å²) in [5.74, 6) is 0.0187. The molecule has 0 spiro atoms. The minimum atomic E-state index is -0.486. The lowest BCUT2D eigenvalue weighted by atomic mass is 10.3. The van der Waals surface area contributed by atoms with E-state index in [1.165, 1.54) is 30.7 Å². The number of rotatable bonds is 5. The number of halogens is 2. The molecule has 0 radical (unpaired) electrons. The number of nitrogens with zero attached hydrogens (tertiary/aromatic N) is 3. The maximum atomic E-state index is 14.6. The van der Waals surface area contributed by atoms with Gasteiger partial charge >= 0.3 is 0 Å². The Hall–Kier alpha value is -2.19. The molecule has 0 saturated carbocycles. The molecule has 6 nitrogen and oxygen atoms in total. The molecule has 0 bridgehead atoms. The van der Waals surface area contributed by atoms with Crippen LogP contribution in [0.5, 0.6) is 11.5 Å². The van der Waals surface area contributed by atoms with Gasteiger partial charge in [0.05, 0.1) is 17.5 Å². The van der Waals surface area contributed by atoms with Crippen LogP contribution in [0.15, 0.2) is 18.3 Å². The first-order chi connectivity index (χ1) is 11.1. The van der Waals surface area contributed by atoms with Crippen molar-refractivity contribution in [3.8, 4) is 11.5 Å². The average molecular weight is 355 g/mol. The standard InChI is InChI=1S/C14H12ClFN4O2S/c1-17-14-20-11-9(21-2)5-8(10(16)12(11)23-14)22-6-7-3-4-18-13(15)19-7/h3-5H,6H2,1-2H3,(H,17,20). The van der Waals surface area contributed by atoms with Crippen LogP contribution in [0.4, 0.5) is 9.52 Å². The van der Waals surface area contributed by atoms with E-state index in [4.69, 9.17) is 21.1 Å². The van der Waals surface area contributed by atoms with Crippen LogP contribution in [0.25, 0.3) is 10.2 Å². The number of aromatic nitrogens is 3. The Morgan fingerprint density at radius 2 is 2.17 bits per heavy atom. The molecule has 3 aromatic rings. The smallest absolute Gasteiger partial charge is 0.222 e. The molecule has 1 N–H and O–H groups in total. The van der Waals surface area contributed by atoms with E-state index in [2.05, 4.69) is 20.3 Å². The van der Waals surface area contributed by atoms with Crippen molar-refractivity contribution in [2.45, 2.75) is 6.61 Å².